The second-order valence-corrected chi connectivity index (χ2v) is 3.71. The van der Waals surface area contributed by atoms with Crippen molar-refractivity contribution in [2.75, 3.05) is 19.6 Å². The van der Waals surface area contributed by atoms with E-state index in [1.165, 1.54) is 4.90 Å². The Balaban J connectivity index is 2.92. The van der Waals surface area contributed by atoms with Crippen LogP contribution in [0.25, 0.3) is 0 Å². The van der Waals surface area contributed by atoms with Gasteiger partial charge in [0.2, 0.25) is 0 Å². The molecule has 1 aromatic rings. The Hall–Kier alpha value is -1.49. The molecule has 0 aliphatic heterocycles. The van der Waals surface area contributed by atoms with Crippen LogP contribution in [0.4, 0.5) is 8.78 Å². The number of hydrogen-bond acceptors (Lipinski definition) is 2. The van der Waals surface area contributed by atoms with Gasteiger partial charge in [0.05, 0.1) is 5.56 Å². The highest BCUT2D eigenvalue weighted by atomic mass is 19.1. The number of hydrogen-bond donors (Lipinski definition) is 1. The van der Waals surface area contributed by atoms with Crippen molar-refractivity contribution in [2.45, 2.75) is 13.3 Å². The number of carbonyl (C=O) groups excluding carboxylic acids is 1. The van der Waals surface area contributed by atoms with Crippen molar-refractivity contribution >= 4 is 5.91 Å². The van der Waals surface area contributed by atoms with Gasteiger partial charge in [-0.25, -0.2) is 8.78 Å². The predicted molar refractivity (Wildman–Crippen MR) is 61.6 cm³/mol. The van der Waals surface area contributed by atoms with E-state index in [1.807, 2.05) is 6.92 Å². The van der Waals surface area contributed by atoms with Gasteiger partial charge in [-0.2, -0.15) is 0 Å². The lowest BCUT2D eigenvalue weighted by Crippen LogP contribution is -2.36. The number of nitrogens with zero attached hydrogens (tertiary/aromatic N) is 1. The molecule has 0 saturated heterocycles. The van der Waals surface area contributed by atoms with Gasteiger partial charge >= 0.3 is 0 Å². The lowest BCUT2D eigenvalue weighted by molar-refractivity contribution is 0.0755. The van der Waals surface area contributed by atoms with Gasteiger partial charge in [-0.3, -0.25) is 4.79 Å². The van der Waals surface area contributed by atoms with Gasteiger partial charge in [0.25, 0.3) is 5.91 Å². The van der Waals surface area contributed by atoms with Crippen LogP contribution in [0.1, 0.15) is 23.7 Å². The standard InChI is InChI=1S/C12H16F2N2O/c1-2-6-16(7-5-15)12(17)10-4-3-9(13)8-11(10)14/h3-4,8H,2,5-7,15H2,1H3. The number of rotatable bonds is 5. The molecule has 0 radical (unpaired) electrons. The molecule has 1 amide bonds. The molecule has 0 fully saturated rings. The van der Waals surface area contributed by atoms with Gasteiger partial charge in [-0.15, -0.1) is 0 Å². The normalized spacial score (nSPS) is 10.4. The average molecular weight is 242 g/mol. The van der Waals surface area contributed by atoms with E-state index in [0.29, 0.717) is 25.7 Å². The Bertz CT molecular complexity index is 390. The fourth-order valence-electron chi connectivity index (χ4n) is 1.57. The van der Waals surface area contributed by atoms with E-state index in [2.05, 4.69) is 0 Å². The van der Waals surface area contributed by atoms with Crippen molar-refractivity contribution < 1.29 is 13.6 Å². The molecule has 0 aromatic heterocycles. The maximum absolute atomic E-state index is 13.4. The molecule has 94 valence electrons. The molecule has 1 aromatic carbocycles. The fourth-order valence-corrected chi connectivity index (χ4v) is 1.57. The van der Waals surface area contributed by atoms with E-state index in [-0.39, 0.29) is 5.56 Å². The molecule has 0 aliphatic carbocycles. The van der Waals surface area contributed by atoms with Crippen LogP contribution in [0.15, 0.2) is 18.2 Å². The summed E-state index contributed by atoms with van der Waals surface area (Å²) in [5, 5.41) is 0. The Labute approximate surface area is 99.2 Å². The third-order valence-corrected chi connectivity index (χ3v) is 2.34. The second kappa shape index (κ2) is 6.30. The summed E-state index contributed by atoms with van der Waals surface area (Å²) in [5.74, 6) is -1.98. The van der Waals surface area contributed by atoms with E-state index in [0.717, 1.165) is 18.6 Å². The Morgan fingerprint density at radius 3 is 2.59 bits per heavy atom. The molecule has 0 spiro atoms. The Kier molecular flexibility index (Phi) is 5.03. The van der Waals surface area contributed by atoms with Crippen LogP contribution in [-0.2, 0) is 0 Å². The zero-order valence-corrected chi connectivity index (χ0v) is 9.75. The van der Waals surface area contributed by atoms with E-state index >= 15 is 0 Å². The molecule has 0 saturated carbocycles. The third-order valence-electron chi connectivity index (χ3n) is 2.34. The van der Waals surface area contributed by atoms with E-state index < -0.39 is 17.5 Å². The summed E-state index contributed by atoms with van der Waals surface area (Å²) in [6.07, 6.45) is 0.758. The van der Waals surface area contributed by atoms with Crippen LogP contribution in [0.3, 0.4) is 0 Å². The first-order valence-corrected chi connectivity index (χ1v) is 5.54. The van der Waals surface area contributed by atoms with E-state index in [9.17, 15) is 13.6 Å². The van der Waals surface area contributed by atoms with Gasteiger partial charge in [-0.05, 0) is 18.6 Å². The minimum Gasteiger partial charge on any atom is -0.337 e. The van der Waals surface area contributed by atoms with Crippen molar-refractivity contribution in [3.05, 3.63) is 35.4 Å². The lowest BCUT2D eigenvalue weighted by Gasteiger charge is -2.21. The minimum atomic E-state index is -0.840. The van der Waals surface area contributed by atoms with Crippen molar-refractivity contribution in [1.82, 2.24) is 4.90 Å². The summed E-state index contributed by atoms with van der Waals surface area (Å²) in [4.78, 5) is 13.4. The molecule has 1 rings (SSSR count). The van der Waals surface area contributed by atoms with Gasteiger partial charge in [0.1, 0.15) is 11.6 Å². The van der Waals surface area contributed by atoms with Crippen LogP contribution in [0.5, 0.6) is 0 Å². The van der Waals surface area contributed by atoms with Crippen molar-refractivity contribution in [3.63, 3.8) is 0 Å². The molecule has 0 heterocycles. The Morgan fingerprint density at radius 2 is 2.06 bits per heavy atom. The zero-order chi connectivity index (χ0) is 12.8. The van der Waals surface area contributed by atoms with Gasteiger partial charge < -0.3 is 10.6 Å². The zero-order valence-electron chi connectivity index (χ0n) is 9.75. The SMILES string of the molecule is CCCN(CCN)C(=O)c1ccc(F)cc1F. The van der Waals surface area contributed by atoms with Crippen LogP contribution < -0.4 is 5.73 Å². The van der Waals surface area contributed by atoms with Crippen LogP contribution >= 0.6 is 0 Å². The molecular weight excluding hydrogens is 226 g/mol. The quantitative estimate of drug-likeness (QED) is 0.855. The van der Waals surface area contributed by atoms with Crippen molar-refractivity contribution in [1.29, 1.82) is 0 Å². The number of carbonyl (C=O) groups is 1. The van der Waals surface area contributed by atoms with Gasteiger partial charge in [-0.1, -0.05) is 6.92 Å². The van der Waals surface area contributed by atoms with Gasteiger partial charge in [0, 0.05) is 25.7 Å². The highest BCUT2D eigenvalue weighted by Crippen LogP contribution is 2.12. The molecule has 17 heavy (non-hydrogen) atoms. The molecule has 0 atom stereocenters. The lowest BCUT2D eigenvalue weighted by atomic mass is 10.1. The van der Waals surface area contributed by atoms with E-state index in [4.69, 9.17) is 5.73 Å². The second-order valence-electron chi connectivity index (χ2n) is 3.71. The van der Waals surface area contributed by atoms with Crippen LogP contribution in [0.2, 0.25) is 0 Å². The minimum absolute atomic E-state index is 0.117. The summed E-state index contributed by atoms with van der Waals surface area (Å²) in [6.45, 7) is 3.10. The predicted octanol–water partition coefficient (Wildman–Crippen LogP) is 1.78. The summed E-state index contributed by atoms with van der Waals surface area (Å²) in [6, 6.07) is 2.94. The fraction of sp³-hybridized carbons (Fsp3) is 0.417. The highest BCUT2D eigenvalue weighted by Gasteiger charge is 2.18. The first kappa shape index (κ1) is 13.6. The molecular formula is C12H16F2N2O. The summed E-state index contributed by atoms with van der Waals surface area (Å²) in [5.41, 5.74) is 5.27. The van der Waals surface area contributed by atoms with Crippen LogP contribution in [0, 0.1) is 11.6 Å². The average Bonchev–Trinajstić information content (AvgIpc) is 2.28. The molecule has 2 N–H and O–H groups in total. The van der Waals surface area contributed by atoms with E-state index in [1.54, 1.807) is 0 Å². The summed E-state index contributed by atoms with van der Waals surface area (Å²) < 4.78 is 26.1. The topological polar surface area (TPSA) is 46.3 Å². The summed E-state index contributed by atoms with van der Waals surface area (Å²) >= 11 is 0. The molecule has 5 heteroatoms. The maximum Gasteiger partial charge on any atom is 0.256 e. The largest absolute Gasteiger partial charge is 0.337 e. The summed E-state index contributed by atoms with van der Waals surface area (Å²) in [7, 11) is 0. The van der Waals surface area contributed by atoms with Gasteiger partial charge in [0.15, 0.2) is 0 Å². The molecule has 0 aliphatic rings. The molecule has 3 nitrogen and oxygen atoms in total. The first-order chi connectivity index (χ1) is 8.10. The Morgan fingerprint density at radius 1 is 1.35 bits per heavy atom. The molecule has 0 bridgehead atoms. The number of nitrogens with two attached hydrogens (primary N) is 1. The highest BCUT2D eigenvalue weighted by molar-refractivity contribution is 5.94. The number of benzene rings is 1. The van der Waals surface area contributed by atoms with Crippen molar-refractivity contribution in [3.8, 4) is 0 Å². The third kappa shape index (κ3) is 3.49. The number of halogens is 2. The maximum atomic E-state index is 13.4. The monoisotopic (exact) mass is 242 g/mol. The molecule has 0 unspecified atom stereocenters. The van der Waals surface area contributed by atoms with Crippen LogP contribution in [-0.4, -0.2) is 30.4 Å². The smallest absolute Gasteiger partial charge is 0.256 e. The van der Waals surface area contributed by atoms with Crippen molar-refractivity contribution in [2.24, 2.45) is 5.73 Å². The number of amides is 1. The first-order valence-electron chi connectivity index (χ1n) is 5.54.